The van der Waals surface area contributed by atoms with Gasteiger partial charge >= 0.3 is 0 Å². The van der Waals surface area contributed by atoms with Crippen LogP contribution in [0.5, 0.6) is 0 Å². The summed E-state index contributed by atoms with van der Waals surface area (Å²) in [6, 6.07) is 9.29. The fraction of sp³-hybridized carbons (Fsp3) is 0.0714. The minimum absolute atomic E-state index is 0.441. The van der Waals surface area contributed by atoms with Gasteiger partial charge in [0.15, 0.2) is 0 Å². The first-order valence-corrected chi connectivity index (χ1v) is 7.31. The van der Waals surface area contributed by atoms with Crippen LogP contribution in [0.4, 0.5) is 5.69 Å². The predicted octanol–water partition coefficient (Wildman–Crippen LogP) is 4.16. The number of rotatable bonds is 4. The van der Waals surface area contributed by atoms with E-state index in [-0.39, 0.29) is 0 Å². The Morgan fingerprint density at radius 1 is 1.19 bits per heavy atom. The van der Waals surface area contributed by atoms with Crippen LogP contribution in [0.15, 0.2) is 51.7 Å². The first kappa shape index (κ1) is 14.0. The lowest BCUT2D eigenvalue weighted by atomic mass is 10.3. The molecule has 0 saturated heterocycles. The Labute approximate surface area is 134 Å². The van der Waals surface area contributed by atoms with Gasteiger partial charge in [0.25, 0.3) is 0 Å². The molecule has 0 atom stereocenters. The maximum atomic E-state index is 5.83. The first-order valence-electron chi connectivity index (χ1n) is 6.14. The van der Waals surface area contributed by atoms with Crippen molar-refractivity contribution in [2.45, 2.75) is 6.54 Å². The summed E-state index contributed by atoms with van der Waals surface area (Å²) in [5.74, 6) is 1.01. The van der Waals surface area contributed by atoms with E-state index in [1.165, 1.54) is 0 Å². The second-order valence-electron chi connectivity index (χ2n) is 4.26. The van der Waals surface area contributed by atoms with Crippen LogP contribution in [0, 0.1) is 0 Å². The number of hydrogen-bond acceptors (Lipinski definition) is 5. The van der Waals surface area contributed by atoms with Crippen molar-refractivity contribution in [2.75, 3.05) is 5.32 Å². The van der Waals surface area contributed by atoms with Crippen LogP contribution in [0.2, 0.25) is 5.02 Å². The van der Waals surface area contributed by atoms with E-state index in [9.17, 15) is 0 Å². The van der Waals surface area contributed by atoms with Crippen molar-refractivity contribution in [1.29, 1.82) is 0 Å². The Balaban J connectivity index is 1.69. The molecule has 7 heteroatoms. The van der Waals surface area contributed by atoms with E-state index >= 15 is 0 Å². The lowest BCUT2D eigenvalue weighted by molar-refractivity contribution is 0.384. The van der Waals surface area contributed by atoms with Crippen LogP contribution in [0.1, 0.15) is 5.89 Å². The number of halogens is 2. The summed E-state index contributed by atoms with van der Waals surface area (Å²) in [7, 11) is 0. The van der Waals surface area contributed by atoms with E-state index < -0.39 is 0 Å². The zero-order chi connectivity index (χ0) is 14.7. The van der Waals surface area contributed by atoms with E-state index in [1.807, 2.05) is 30.3 Å². The molecule has 0 amide bonds. The number of aromatic nitrogens is 3. The van der Waals surface area contributed by atoms with Gasteiger partial charge in [-0.2, -0.15) is 4.98 Å². The third-order valence-corrected chi connectivity index (χ3v) is 3.40. The molecule has 106 valence electrons. The Bertz CT molecular complexity index is 745. The molecule has 3 aromatic rings. The van der Waals surface area contributed by atoms with Gasteiger partial charge < -0.3 is 9.84 Å². The van der Waals surface area contributed by atoms with Crippen LogP contribution in [0.25, 0.3) is 11.4 Å². The molecule has 2 heterocycles. The molecule has 0 fully saturated rings. The third-order valence-electron chi connectivity index (χ3n) is 2.72. The van der Waals surface area contributed by atoms with Gasteiger partial charge in [-0.15, -0.1) is 0 Å². The van der Waals surface area contributed by atoms with Crippen molar-refractivity contribution < 1.29 is 4.52 Å². The van der Waals surface area contributed by atoms with Gasteiger partial charge in [-0.05, 0) is 46.3 Å². The van der Waals surface area contributed by atoms with E-state index in [0.29, 0.717) is 23.3 Å². The molecule has 0 aliphatic carbocycles. The van der Waals surface area contributed by atoms with Crippen molar-refractivity contribution in [3.8, 4) is 11.4 Å². The molecule has 0 radical (unpaired) electrons. The summed E-state index contributed by atoms with van der Waals surface area (Å²) in [6.45, 7) is 0.441. The molecule has 21 heavy (non-hydrogen) atoms. The number of pyridine rings is 1. The van der Waals surface area contributed by atoms with Crippen molar-refractivity contribution in [3.05, 3.63) is 58.1 Å². The van der Waals surface area contributed by atoms with Crippen LogP contribution in [-0.4, -0.2) is 15.1 Å². The molecule has 2 aromatic heterocycles. The molecular formula is C14H10BrClN4O. The molecule has 1 N–H and O–H groups in total. The summed E-state index contributed by atoms with van der Waals surface area (Å²) in [4.78, 5) is 8.40. The van der Waals surface area contributed by atoms with Crippen LogP contribution in [0.3, 0.4) is 0 Å². The Kier molecular flexibility index (Phi) is 4.17. The number of nitrogens with one attached hydrogen (secondary N) is 1. The Morgan fingerprint density at radius 3 is 2.76 bits per heavy atom. The fourth-order valence-electron chi connectivity index (χ4n) is 1.72. The third kappa shape index (κ3) is 3.59. The highest BCUT2D eigenvalue weighted by atomic mass is 79.9. The average molecular weight is 366 g/mol. The quantitative estimate of drug-likeness (QED) is 0.752. The van der Waals surface area contributed by atoms with E-state index in [2.05, 4.69) is 36.4 Å². The highest BCUT2D eigenvalue weighted by molar-refractivity contribution is 9.10. The van der Waals surface area contributed by atoms with E-state index in [0.717, 1.165) is 15.7 Å². The van der Waals surface area contributed by atoms with Gasteiger partial charge in [-0.3, -0.25) is 4.98 Å². The Morgan fingerprint density at radius 2 is 2.00 bits per heavy atom. The molecule has 1 aromatic carbocycles. The maximum absolute atomic E-state index is 5.83. The number of anilines is 1. The molecule has 0 bridgehead atoms. The van der Waals surface area contributed by atoms with Gasteiger partial charge in [0.1, 0.15) is 0 Å². The summed E-state index contributed by atoms with van der Waals surface area (Å²) in [5.41, 5.74) is 1.73. The van der Waals surface area contributed by atoms with Gasteiger partial charge in [-0.25, -0.2) is 0 Å². The largest absolute Gasteiger partial charge is 0.376 e. The second kappa shape index (κ2) is 6.24. The summed E-state index contributed by atoms with van der Waals surface area (Å²) in [5, 5.41) is 7.83. The van der Waals surface area contributed by atoms with Crippen molar-refractivity contribution >= 4 is 33.2 Å². The van der Waals surface area contributed by atoms with Gasteiger partial charge in [0.05, 0.1) is 6.54 Å². The minimum atomic E-state index is 0.441. The van der Waals surface area contributed by atoms with Crippen LogP contribution in [-0.2, 0) is 6.54 Å². The van der Waals surface area contributed by atoms with Crippen molar-refractivity contribution in [3.63, 3.8) is 0 Å². The molecule has 3 rings (SSSR count). The number of nitrogens with zero attached hydrogens (tertiary/aromatic N) is 3. The second-order valence-corrected chi connectivity index (χ2v) is 5.62. The van der Waals surface area contributed by atoms with E-state index in [1.54, 1.807) is 12.4 Å². The molecule has 0 unspecified atom stereocenters. The number of hydrogen-bond donors (Lipinski definition) is 1. The average Bonchev–Trinajstić information content (AvgIpc) is 2.96. The minimum Gasteiger partial charge on any atom is -0.376 e. The molecular weight excluding hydrogens is 356 g/mol. The van der Waals surface area contributed by atoms with Gasteiger partial charge in [0, 0.05) is 33.1 Å². The lowest BCUT2D eigenvalue weighted by Gasteiger charge is -2.02. The lowest BCUT2D eigenvalue weighted by Crippen LogP contribution is -1.99. The zero-order valence-electron chi connectivity index (χ0n) is 10.8. The standard InChI is InChI=1S/C14H10BrClN4O/c15-10-5-9(6-17-7-10)14-19-13(21-20-14)8-18-12-3-1-11(16)2-4-12/h1-7,18H,8H2. The molecule has 0 saturated carbocycles. The highest BCUT2D eigenvalue weighted by Gasteiger charge is 2.09. The monoisotopic (exact) mass is 364 g/mol. The fourth-order valence-corrected chi connectivity index (χ4v) is 2.21. The summed E-state index contributed by atoms with van der Waals surface area (Å²) in [6.07, 6.45) is 3.39. The summed E-state index contributed by atoms with van der Waals surface area (Å²) >= 11 is 9.20. The SMILES string of the molecule is Clc1ccc(NCc2nc(-c3cncc(Br)c3)no2)cc1. The normalized spacial score (nSPS) is 10.6. The van der Waals surface area contributed by atoms with Crippen molar-refractivity contribution in [1.82, 2.24) is 15.1 Å². The Hall–Kier alpha value is -1.92. The maximum Gasteiger partial charge on any atom is 0.246 e. The number of benzene rings is 1. The topological polar surface area (TPSA) is 63.8 Å². The van der Waals surface area contributed by atoms with Crippen LogP contribution >= 0.6 is 27.5 Å². The smallest absolute Gasteiger partial charge is 0.246 e. The summed E-state index contributed by atoms with van der Waals surface area (Å²) < 4.78 is 6.08. The molecule has 5 nitrogen and oxygen atoms in total. The molecule has 0 aliphatic rings. The molecule has 0 spiro atoms. The highest BCUT2D eigenvalue weighted by Crippen LogP contribution is 2.19. The molecule has 0 aliphatic heterocycles. The van der Waals surface area contributed by atoms with Crippen LogP contribution < -0.4 is 5.32 Å². The van der Waals surface area contributed by atoms with Crippen molar-refractivity contribution in [2.24, 2.45) is 0 Å². The predicted molar refractivity (Wildman–Crippen MR) is 84.0 cm³/mol. The van der Waals surface area contributed by atoms with Gasteiger partial charge in [-0.1, -0.05) is 16.8 Å². The zero-order valence-corrected chi connectivity index (χ0v) is 13.1. The first-order chi connectivity index (χ1) is 10.2. The van der Waals surface area contributed by atoms with E-state index in [4.69, 9.17) is 16.1 Å². The van der Waals surface area contributed by atoms with Gasteiger partial charge in [0.2, 0.25) is 11.7 Å².